The summed E-state index contributed by atoms with van der Waals surface area (Å²) in [7, 11) is 0. The van der Waals surface area contributed by atoms with Crippen LogP contribution in [0.15, 0.2) is 33.9 Å². The first-order chi connectivity index (χ1) is 10.2. The van der Waals surface area contributed by atoms with Gasteiger partial charge in [0.2, 0.25) is 0 Å². The van der Waals surface area contributed by atoms with Gasteiger partial charge in [-0.25, -0.2) is 4.68 Å². The van der Waals surface area contributed by atoms with E-state index < -0.39 is 0 Å². The van der Waals surface area contributed by atoms with Gasteiger partial charge in [0, 0.05) is 26.2 Å². The molecule has 21 heavy (non-hydrogen) atoms. The van der Waals surface area contributed by atoms with Crippen LogP contribution in [0.2, 0.25) is 0 Å². The number of hydrogen-bond donors (Lipinski definition) is 1. The molecule has 0 saturated carbocycles. The second-order valence-corrected chi connectivity index (χ2v) is 4.57. The van der Waals surface area contributed by atoms with E-state index in [1.54, 1.807) is 24.3 Å². The van der Waals surface area contributed by atoms with E-state index in [1.165, 1.54) is 4.68 Å². The maximum absolute atomic E-state index is 12.3. The zero-order valence-electron chi connectivity index (χ0n) is 12.3. The van der Waals surface area contributed by atoms with E-state index in [0.29, 0.717) is 37.0 Å². The lowest BCUT2D eigenvalue weighted by atomic mass is 10.2. The van der Waals surface area contributed by atoms with Crippen molar-refractivity contribution in [1.82, 2.24) is 9.78 Å². The number of hydrogen-bond acceptors (Lipinski definition) is 4. The van der Waals surface area contributed by atoms with Crippen LogP contribution in [0, 0.1) is 0 Å². The van der Waals surface area contributed by atoms with Gasteiger partial charge in [-0.2, -0.15) is 0 Å². The van der Waals surface area contributed by atoms with E-state index in [9.17, 15) is 9.59 Å². The number of benzene rings is 1. The maximum Gasteiger partial charge on any atom is 0.273 e. The first-order valence-electron chi connectivity index (χ1n) is 7.12. The highest BCUT2D eigenvalue weighted by Crippen LogP contribution is 2.05. The van der Waals surface area contributed by atoms with E-state index in [0.717, 1.165) is 0 Å². The van der Waals surface area contributed by atoms with Gasteiger partial charge in [-0.3, -0.25) is 14.7 Å². The molecule has 1 N–H and O–H groups in total. The molecule has 1 heterocycles. The first kappa shape index (κ1) is 15.5. The van der Waals surface area contributed by atoms with Gasteiger partial charge in [-0.05, 0) is 26.0 Å². The number of ether oxygens (including phenoxy) is 2. The molecule has 0 unspecified atom stereocenters. The third kappa shape index (κ3) is 3.59. The van der Waals surface area contributed by atoms with Crippen LogP contribution in [0.3, 0.4) is 0 Å². The minimum atomic E-state index is -0.373. The molecular weight excluding hydrogens is 272 g/mol. The lowest BCUT2D eigenvalue weighted by Gasteiger charge is -2.17. The second kappa shape index (κ2) is 7.19. The lowest BCUT2D eigenvalue weighted by molar-refractivity contribution is -0.141. The molecule has 0 aliphatic heterocycles. The summed E-state index contributed by atoms with van der Waals surface area (Å²) >= 11 is 0. The fraction of sp³-hybridized carbons (Fsp3) is 0.467. The largest absolute Gasteiger partial charge is 0.353 e. The number of aromatic nitrogens is 2. The number of fused-ring (bicyclic) bond motifs is 1. The smallest absolute Gasteiger partial charge is 0.273 e. The molecule has 6 heteroatoms. The molecule has 0 radical (unpaired) electrons. The van der Waals surface area contributed by atoms with Crippen molar-refractivity contribution in [2.75, 3.05) is 13.2 Å². The Hall–Kier alpha value is -1.92. The summed E-state index contributed by atoms with van der Waals surface area (Å²) in [5.41, 5.74) is -0.480. The number of aryl methyl sites for hydroxylation is 1. The fourth-order valence-electron chi connectivity index (χ4n) is 2.23. The van der Waals surface area contributed by atoms with Crippen LogP contribution in [0.5, 0.6) is 0 Å². The van der Waals surface area contributed by atoms with Gasteiger partial charge in [-0.1, -0.05) is 12.1 Å². The third-order valence-corrected chi connectivity index (χ3v) is 3.18. The highest BCUT2D eigenvalue weighted by Gasteiger charge is 2.11. The van der Waals surface area contributed by atoms with Crippen molar-refractivity contribution >= 4 is 10.8 Å². The Labute approximate surface area is 122 Å². The molecule has 2 rings (SSSR count). The second-order valence-electron chi connectivity index (χ2n) is 4.57. The van der Waals surface area contributed by atoms with Crippen molar-refractivity contribution in [1.29, 1.82) is 0 Å². The van der Waals surface area contributed by atoms with E-state index in [-0.39, 0.29) is 17.4 Å². The van der Waals surface area contributed by atoms with Crippen LogP contribution >= 0.6 is 0 Å². The molecule has 0 saturated heterocycles. The Morgan fingerprint density at radius 2 is 1.71 bits per heavy atom. The zero-order valence-corrected chi connectivity index (χ0v) is 12.3. The first-order valence-corrected chi connectivity index (χ1v) is 7.12. The van der Waals surface area contributed by atoms with Crippen molar-refractivity contribution in [3.63, 3.8) is 0 Å². The summed E-state index contributed by atoms with van der Waals surface area (Å²) in [6.07, 6.45) is 0.123. The molecular formula is C15H20N2O4. The van der Waals surface area contributed by atoms with Crippen molar-refractivity contribution in [2.24, 2.45) is 0 Å². The monoisotopic (exact) mass is 292 g/mol. The predicted molar refractivity (Wildman–Crippen MR) is 80.5 cm³/mol. The van der Waals surface area contributed by atoms with Crippen molar-refractivity contribution in [2.45, 2.75) is 33.1 Å². The number of aromatic amines is 1. The fourth-order valence-corrected chi connectivity index (χ4v) is 2.23. The van der Waals surface area contributed by atoms with Gasteiger partial charge in [0.25, 0.3) is 11.1 Å². The number of nitrogens with zero attached hydrogens (tertiary/aromatic N) is 1. The van der Waals surface area contributed by atoms with Crippen LogP contribution in [-0.2, 0) is 16.0 Å². The van der Waals surface area contributed by atoms with Crippen LogP contribution in [0.4, 0.5) is 0 Å². The molecule has 0 spiro atoms. The normalized spacial score (nSPS) is 11.4. The highest BCUT2D eigenvalue weighted by atomic mass is 16.7. The van der Waals surface area contributed by atoms with E-state index in [4.69, 9.17) is 9.47 Å². The Morgan fingerprint density at radius 1 is 1.10 bits per heavy atom. The SMILES string of the molecule is CCOC(CCn1[nH]c(=O)c2ccccc2c1=O)OCC. The van der Waals surface area contributed by atoms with Gasteiger partial charge in [-0.15, -0.1) is 0 Å². The molecule has 1 aromatic heterocycles. The van der Waals surface area contributed by atoms with Gasteiger partial charge >= 0.3 is 0 Å². The van der Waals surface area contributed by atoms with E-state index >= 15 is 0 Å². The number of rotatable bonds is 7. The summed E-state index contributed by atoms with van der Waals surface area (Å²) in [4.78, 5) is 24.3. The molecule has 0 atom stereocenters. The average molecular weight is 292 g/mol. The van der Waals surface area contributed by atoms with Gasteiger partial charge in [0.05, 0.1) is 10.8 Å². The van der Waals surface area contributed by atoms with Crippen molar-refractivity contribution in [3.05, 3.63) is 45.0 Å². The highest BCUT2D eigenvalue weighted by molar-refractivity contribution is 5.80. The van der Waals surface area contributed by atoms with Crippen LogP contribution < -0.4 is 11.1 Å². The van der Waals surface area contributed by atoms with Crippen LogP contribution in [0.1, 0.15) is 20.3 Å². The van der Waals surface area contributed by atoms with Gasteiger partial charge in [0.15, 0.2) is 6.29 Å². The molecule has 0 aliphatic carbocycles. The molecule has 0 aliphatic rings. The Kier molecular flexibility index (Phi) is 5.30. The van der Waals surface area contributed by atoms with E-state index in [2.05, 4.69) is 5.10 Å². The number of nitrogens with one attached hydrogen (secondary N) is 1. The van der Waals surface area contributed by atoms with Gasteiger partial charge < -0.3 is 9.47 Å². The van der Waals surface area contributed by atoms with Crippen LogP contribution in [-0.4, -0.2) is 29.3 Å². The summed E-state index contributed by atoms with van der Waals surface area (Å²) in [6.45, 7) is 5.18. The summed E-state index contributed by atoms with van der Waals surface area (Å²) < 4.78 is 12.2. The minimum absolute atomic E-state index is 0.211. The number of H-pyrrole nitrogens is 1. The molecule has 6 nitrogen and oxygen atoms in total. The molecule has 0 amide bonds. The lowest BCUT2D eigenvalue weighted by Crippen LogP contribution is -2.31. The Morgan fingerprint density at radius 3 is 2.33 bits per heavy atom. The van der Waals surface area contributed by atoms with Crippen LogP contribution in [0.25, 0.3) is 10.8 Å². The third-order valence-electron chi connectivity index (χ3n) is 3.18. The maximum atomic E-state index is 12.3. The minimum Gasteiger partial charge on any atom is -0.353 e. The van der Waals surface area contributed by atoms with Crippen molar-refractivity contribution in [3.8, 4) is 0 Å². The quantitative estimate of drug-likeness (QED) is 0.784. The molecule has 0 fully saturated rings. The summed E-state index contributed by atoms with van der Waals surface area (Å²) in [5, 5.41) is 3.42. The Balaban J connectivity index is 2.25. The van der Waals surface area contributed by atoms with Gasteiger partial charge in [0.1, 0.15) is 0 Å². The standard InChI is InChI=1S/C15H20N2O4/c1-3-20-13(21-4-2)9-10-17-15(19)12-8-6-5-7-11(12)14(18)16-17/h5-8,13H,3-4,9-10H2,1-2H3,(H,16,18). The summed E-state index contributed by atoms with van der Waals surface area (Å²) in [6, 6.07) is 6.79. The molecule has 2 aromatic rings. The molecule has 0 bridgehead atoms. The van der Waals surface area contributed by atoms with E-state index in [1.807, 2.05) is 13.8 Å². The Bertz CT molecular complexity index is 699. The predicted octanol–water partition coefficient (Wildman–Crippen LogP) is 1.48. The topological polar surface area (TPSA) is 73.3 Å². The molecule has 114 valence electrons. The average Bonchev–Trinajstić information content (AvgIpc) is 2.50. The molecule has 1 aromatic carbocycles. The zero-order chi connectivity index (χ0) is 15.2. The van der Waals surface area contributed by atoms with Crippen molar-refractivity contribution < 1.29 is 9.47 Å². The summed E-state index contributed by atoms with van der Waals surface area (Å²) in [5.74, 6) is 0.